The summed E-state index contributed by atoms with van der Waals surface area (Å²) in [7, 11) is 0. The quantitative estimate of drug-likeness (QED) is 0.505. The maximum Gasteiger partial charge on any atom is 0.123 e. The summed E-state index contributed by atoms with van der Waals surface area (Å²) in [5.41, 5.74) is 3.54. The summed E-state index contributed by atoms with van der Waals surface area (Å²) < 4.78 is 13.0. The van der Waals surface area contributed by atoms with Gasteiger partial charge < -0.3 is 0 Å². The lowest BCUT2D eigenvalue weighted by Gasteiger charge is -2.06. The second-order valence-electron chi connectivity index (χ2n) is 4.38. The fourth-order valence-electron chi connectivity index (χ4n) is 1.60. The molecular formula is C18H20FN. The smallest absolute Gasteiger partial charge is 0.123 e. The van der Waals surface area contributed by atoms with Crippen molar-refractivity contribution in [2.45, 2.75) is 20.8 Å². The van der Waals surface area contributed by atoms with Crippen LogP contribution in [0.2, 0.25) is 0 Å². The molecule has 1 rings (SSSR count). The van der Waals surface area contributed by atoms with Crippen molar-refractivity contribution in [3.8, 4) is 0 Å². The number of allylic oxidation sites excluding steroid dienone is 6. The van der Waals surface area contributed by atoms with Gasteiger partial charge in [0.15, 0.2) is 0 Å². The first kappa shape index (κ1) is 15.8. The number of hydrogen-bond donors (Lipinski definition) is 0. The molecular weight excluding hydrogens is 249 g/mol. The number of nitrogens with zero attached hydrogens (tertiary/aromatic N) is 1. The summed E-state index contributed by atoms with van der Waals surface area (Å²) in [4.78, 5) is 4.55. The third kappa shape index (κ3) is 4.81. The molecule has 104 valence electrons. The normalized spacial score (nSPS) is 13.9. The van der Waals surface area contributed by atoms with Crippen molar-refractivity contribution in [2.24, 2.45) is 4.99 Å². The molecule has 2 heteroatoms. The van der Waals surface area contributed by atoms with Crippen LogP contribution >= 0.6 is 0 Å². The second kappa shape index (κ2) is 8.05. The molecule has 1 aromatic carbocycles. The molecule has 1 nitrogen and oxygen atoms in total. The number of rotatable bonds is 5. The number of aliphatic imine (C=N–C) groups is 1. The van der Waals surface area contributed by atoms with E-state index in [0.29, 0.717) is 0 Å². The fourth-order valence-corrected chi connectivity index (χ4v) is 1.60. The molecule has 0 saturated heterocycles. The minimum atomic E-state index is -0.250. The van der Waals surface area contributed by atoms with Crippen molar-refractivity contribution in [1.29, 1.82) is 0 Å². The Bertz CT molecular complexity index is 572. The lowest BCUT2D eigenvalue weighted by atomic mass is 10.1. The molecule has 0 heterocycles. The van der Waals surface area contributed by atoms with E-state index in [-0.39, 0.29) is 5.82 Å². The van der Waals surface area contributed by atoms with Crippen LogP contribution in [-0.2, 0) is 0 Å². The summed E-state index contributed by atoms with van der Waals surface area (Å²) in [6.45, 7) is 9.55. The average molecular weight is 269 g/mol. The molecule has 0 aliphatic rings. The highest BCUT2D eigenvalue weighted by Crippen LogP contribution is 2.22. The van der Waals surface area contributed by atoms with Crippen LogP contribution in [0.4, 0.5) is 4.39 Å². The average Bonchev–Trinajstić information content (AvgIpc) is 2.45. The van der Waals surface area contributed by atoms with Crippen molar-refractivity contribution < 1.29 is 4.39 Å². The van der Waals surface area contributed by atoms with Crippen molar-refractivity contribution >= 4 is 11.4 Å². The third-order valence-electron chi connectivity index (χ3n) is 2.72. The minimum Gasteiger partial charge on any atom is -0.253 e. The van der Waals surface area contributed by atoms with Gasteiger partial charge in [-0.15, -0.1) is 0 Å². The van der Waals surface area contributed by atoms with Gasteiger partial charge in [-0.05, 0) is 56.7 Å². The SMILES string of the molecule is C=CC(C)=N/C(=C(C)/C=C\C=C/C)c1ccc(F)cc1. The molecule has 0 bridgehead atoms. The molecule has 0 saturated carbocycles. The number of hydrogen-bond acceptors (Lipinski definition) is 1. The topological polar surface area (TPSA) is 12.4 Å². The Kier molecular flexibility index (Phi) is 6.38. The highest BCUT2D eigenvalue weighted by atomic mass is 19.1. The van der Waals surface area contributed by atoms with Crippen LogP contribution in [0.25, 0.3) is 5.70 Å². The zero-order valence-electron chi connectivity index (χ0n) is 12.2. The number of benzene rings is 1. The Labute approximate surface area is 120 Å². The van der Waals surface area contributed by atoms with E-state index in [4.69, 9.17) is 0 Å². The van der Waals surface area contributed by atoms with Crippen LogP contribution in [0.5, 0.6) is 0 Å². The van der Waals surface area contributed by atoms with E-state index in [9.17, 15) is 4.39 Å². The van der Waals surface area contributed by atoms with Gasteiger partial charge in [-0.1, -0.05) is 30.9 Å². The van der Waals surface area contributed by atoms with Crippen LogP contribution in [0.1, 0.15) is 26.3 Å². The van der Waals surface area contributed by atoms with Gasteiger partial charge in [0, 0.05) is 11.3 Å². The van der Waals surface area contributed by atoms with Crippen LogP contribution in [-0.4, -0.2) is 5.71 Å². The largest absolute Gasteiger partial charge is 0.253 e. The molecule has 0 spiro atoms. The zero-order valence-corrected chi connectivity index (χ0v) is 12.2. The highest BCUT2D eigenvalue weighted by Gasteiger charge is 2.04. The Morgan fingerprint density at radius 3 is 2.35 bits per heavy atom. The summed E-state index contributed by atoms with van der Waals surface area (Å²) in [6.07, 6.45) is 9.55. The Balaban J connectivity index is 3.31. The standard InChI is InChI=1S/C18H20FN/c1-5-7-8-9-14(3)18(20-15(4)6-2)16-10-12-17(19)13-11-16/h5-13H,2H2,1,3-4H3/b7-5-,9-8-,18-14+,20-15?. The summed E-state index contributed by atoms with van der Waals surface area (Å²) >= 11 is 0. The Hall–Kier alpha value is -2.22. The molecule has 1 aromatic rings. The van der Waals surface area contributed by atoms with Gasteiger partial charge in [0.2, 0.25) is 0 Å². The van der Waals surface area contributed by atoms with Crippen molar-refractivity contribution in [1.82, 2.24) is 0 Å². The van der Waals surface area contributed by atoms with Gasteiger partial charge in [0.05, 0.1) is 5.70 Å². The van der Waals surface area contributed by atoms with Crippen molar-refractivity contribution in [3.05, 3.63) is 78.2 Å². The monoisotopic (exact) mass is 269 g/mol. The molecule has 0 amide bonds. The Morgan fingerprint density at radius 2 is 1.80 bits per heavy atom. The first-order valence-electron chi connectivity index (χ1n) is 6.52. The summed E-state index contributed by atoms with van der Waals surface area (Å²) in [5.74, 6) is -0.250. The van der Waals surface area contributed by atoms with Crippen molar-refractivity contribution in [2.75, 3.05) is 0 Å². The molecule has 0 atom stereocenters. The second-order valence-corrected chi connectivity index (χ2v) is 4.38. The van der Waals surface area contributed by atoms with Crippen molar-refractivity contribution in [3.63, 3.8) is 0 Å². The van der Waals surface area contributed by atoms with Crippen LogP contribution in [0, 0.1) is 5.82 Å². The molecule has 0 aliphatic heterocycles. The van der Waals surface area contributed by atoms with Crippen LogP contribution in [0.15, 0.2) is 71.8 Å². The molecule has 0 aromatic heterocycles. The predicted octanol–water partition coefficient (Wildman–Crippen LogP) is 5.34. The summed E-state index contributed by atoms with van der Waals surface area (Å²) in [6, 6.07) is 6.35. The summed E-state index contributed by atoms with van der Waals surface area (Å²) in [5, 5.41) is 0. The maximum atomic E-state index is 13.0. The Morgan fingerprint density at radius 1 is 1.15 bits per heavy atom. The van der Waals surface area contributed by atoms with Gasteiger partial charge in [-0.3, -0.25) is 4.99 Å². The molecule has 0 radical (unpaired) electrons. The molecule has 0 unspecified atom stereocenters. The molecule has 20 heavy (non-hydrogen) atoms. The third-order valence-corrected chi connectivity index (χ3v) is 2.72. The van der Waals surface area contributed by atoms with Crippen LogP contribution in [0.3, 0.4) is 0 Å². The van der Waals surface area contributed by atoms with E-state index >= 15 is 0 Å². The first-order chi connectivity index (χ1) is 9.58. The zero-order chi connectivity index (χ0) is 15.0. The van der Waals surface area contributed by atoms with Gasteiger partial charge >= 0.3 is 0 Å². The van der Waals surface area contributed by atoms with E-state index in [0.717, 1.165) is 22.5 Å². The van der Waals surface area contributed by atoms with Gasteiger partial charge in [-0.2, -0.15) is 0 Å². The van der Waals surface area contributed by atoms with Crippen LogP contribution < -0.4 is 0 Å². The first-order valence-corrected chi connectivity index (χ1v) is 6.52. The van der Waals surface area contributed by atoms with E-state index in [1.165, 1.54) is 12.1 Å². The lowest BCUT2D eigenvalue weighted by molar-refractivity contribution is 0.627. The maximum absolute atomic E-state index is 13.0. The molecule has 0 N–H and O–H groups in total. The van der Waals surface area contributed by atoms with E-state index in [1.54, 1.807) is 18.2 Å². The number of halogens is 1. The van der Waals surface area contributed by atoms with Gasteiger partial charge in [-0.25, -0.2) is 4.39 Å². The highest BCUT2D eigenvalue weighted by molar-refractivity contribution is 5.96. The van der Waals surface area contributed by atoms with Gasteiger partial charge in [0.25, 0.3) is 0 Å². The van der Waals surface area contributed by atoms with E-state index in [2.05, 4.69) is 11.6 Å². The fraction of sp³-hybridized carbons (Fsp3) is 0.167. The molecule has 0 fully saturated rings. The predicted molar refractivity (Wildman–Crippen MR) is 86.3 cm³/mol. The lowest BCUT2D eigenvalue weighted by Crippen LogP contribution is -1.91. The molecule has 0 aliphatic carbocycles. The van der Waals surface area contributed by atoms with Gasteiger partial charge in [0.1, 0.15) is 5.82 Å². The van der Waals surface area contributed by atoms with E-state index < -0.39 is 0 Å². The minimum absolute atomic E-state index is 0.250. The van der Waals surface area contributed by atoms with E-state index in [1.807, 2.05) is 45.1 Å².